The van der Waals surface area contributed by atoms with Crippen LogP contribution in [0.2, 0.25) is 5.15 Å². The molecule has 4 fully saturated rings. The molecule has 3 saturated carbocycles. The third-order valence-corrected chi connectivity index (χ3v) is 6.20. The van der Waals surface area contributed by atoms with Crippen molar-refractivity contribution >= 4 is 34.9 Å². The lowest BCUT2D eigenvalue weighted by Crippen LogP contribution is -2.65. The third-order valence-electron chi connectivity index (χ3n) is 5.34. The second-order valence-corrected chi connectivity index (χ2v) is 8.69. The first-order valence-electron chi connectivity index (χ1n) is 12.3. The van der Waals surface area contributed by atoms with Gasteiger partial charge in [-0.1, -0.05) is 30.2 Å². The van der Waals surface area contributed by atoms with Crippen LogP contribution in [0, 0.1) is 0 Å². The van der Waals surface area contributed by atoms with Gasteiger partial charge >= 0.3 is 0 Å². The number of nitrogen functional groups attached to an aromatic ring is 1. The Morgan fingerprint density at radius 3 is 3.11 bits per heavy atom. The lowest BCUT2D eigenvalue weighted by atomic mass is 9.72. The first-order valence-corrected chi connectivity index (χ1v) is 10.0. The number of anilines is 2. The molecule has 4 aliphatic rings. The predicted octanol–water partition coefficient (Wildman–Crippen LogP) is 2.44. The van der Waals surface area contributed by atoms with Crippen LogP contribution in [0.25, 0.3) is 0 Å². The molecule has 10 heteroatoms. The van der Waals surface area contributed by atoms with Crippen molar-refractivity contribution in [3.05, 3.63) is 5.15 Å². The standard InChI is InChI=1S/C18H27ClN4O4S/c1-4-7-28-15-22-12(19)11(20)13(23-15)21-10-8-17(25-6-5-24)9-18(10)14(17)26-16(2,3)27-18/h10,14,24H,4-9,20H2,1-3H3,(H,21,22,23)/t10-,14-,17-,18+/m1/s1/i1D3,4D2,7D2. The van der Waals surface area contributed by atoms with Gasteiger partial charge in [-0.3, -0.25) is 0 Å². The van der Waals surface area contributed by atoms with Crippen molar-refractivity contribution in [3.8, 4) is 0 Å². The molecule has 4 N–H and O–H groups in total. The van der Waals surface area contributed by atoms with Crippen LogP contribution in [0.3, 0.4) is 0 Å². The monoisotopic (exact) mass is 437 g/mol. The van der Waals surface area contributed by atoms with Crippen molar-refractivity contribution in [2.75, 3.05) is 30.0 Å². The third kappa shape index (κ3) is 3.16. The van der Waals surface area contributed by atoms with Crippen LogP contribution < -0.4 is 11.1 Å². The van der Waals surface area contributed by atoms with Gasteiger partial charge in [0.1, 0.15) is 23.0 Å². The van der Waals surface area contributed by atoms with Crippen molar-refractivity contribution in [3.63, 3.8) is 0 Å². The summed E-state index contributed by atoms with van der Waals surface area (Å²) in [6.45, 7) is 0.336. The highest BCUT2D eigenvalue weighted by Gasteiger charge is 2.81. The normalized spacial score (nSPS) is 40.1. The highest BCUT2D eigenvalue weighted by Crippen LogP contribution is 2.66. The van der Waals surface area contributed by atoms with E-state index in [0.717, 1.165) is 0 Å². The largest absolute Gasteiger partial charge is 0.394 e. The van der Waals surface area contributed by atoms with Crippen LogP contribution in [0.15, 0.2) is 5.16 Å². The molecule has 8 nitrogen and oxygen atoms in total. The molecule has 2 bridgehead atoms. The van der Waals surface area contributed by atoms with Crippen molar-refractivity contribution in [2.24, 2.45) is 0 Å². The van der Waals surface area contributed by atoms with Crippen molar-refractivity contribution < 1.29 is 28.9 Å². The Labute approximate surface area is 183 Å². The zero-order chi connectivity index (χ0) is 26.2. The van der Waals surface area contributed by atoms with Gasteiger partial charge in [-0.2, -0.15) is 0 Å². The van der Waals surface area contributed by atoms with Gasteiger partial charge in [0.15, 0.2) is 21.9 Å². The van der Waals surface area contributed by atoms with Crippen LogP contribution in [-0.2, 0) is 14.2 Å². The number of fused-ring (bicyclic) bond motifs is 1. The van der Waals surface area contributed by atoms with E-state index in [4.69, 9.17) is 41.1 Å². The van der Waals surface area contributed by atoms with E-state index in [1.54, 1.807) is 13.8 Å². The number of hydrogen-bond acceptors (Lipinski definition) is 9. The second-order valence-electron chi connectivity index (χ2n) is 7.56. The number of nitrogens with one attached hydrogen (secondary N) is 1. The molecule has 4 atom stereocenters. The zero-order valence-corrected chi connectivity index (χ0v) is 17.0. The molecule has 0 aromatic carbocycles. The van der Waals surface area contributed by atoms with Gasteiger partial charge < -0.3 is 30.4 Å². The molecule has 5 rings (SSSR count). The molecule has 1 aliphatic heterocycles. The minimum absolute atomic E-state index is 0.0176. The van der Waals surface area contributed by atoms with E-state index in [0.29, 0.717) is 12.8 Å². The minimum atomic E-state index is -3.23. The van der Waals surface area contributed by atoms with E-state index in [-0.39, 0.29) is 46.8 Å². The summed E-state index contributed by atoms with van der Waals surface area (Å²) in [6.07, 6.45) is -2.65. The van der Waals surface area contributed by atoms with Gasteiger partial charge in [0, 0.05) is 28.1 Å². The summed E-state index contributed by atoms with van der Waals surface area (Å²) in [5.41, 5.74) is 1.72. The summed E-state index contributed by atoms with van der Waals surface area (Å²) in [7, 11) is 0. The van der Waals surface area contributed by atoms with E-state index in [2.05, 4.69) is 15.3 Å². The Hall–Kier alpha value is -0.840. The highest BCUT2D eigenvalue weighted by atomic mass is 35.5. The molecule has 0 amide bonds. The summed E-state index contributed by atoms with van der Waals surface area (Å²) in [6, 6.07) is -0.398. The fourth-order valence-corrected chi connectivity index (χ4v) is 5.16. The summed E-state index contributed by atoms with van der Waals surface area (Å²) < 4.78 is 72.1. The molecular formula is C18H27ClN4O4S. The molecule has 1 spiro atoms. The lowest BCUT2D eigenvalue weighted by Gasteiger charge is -2.48. The fraction of sp³-hybridized carbons (Fsp3) is 0.778. The van der Waals surface area contributed by atoms with Crippen LogP contribution in [-0.4, -0.2) is 63.1 Å². The predicted molar refractivity (Wildman–Crippen MR) is 108 cm³/mol. The summed E-state index contributed by atoms with van der Waals surface area (Å²) in [5, 5.41) is 11.9. The number of rotatable bonds is 8. The van der Waals surface area contributed by atoms with E-state index in [9.17, 15) is 5.11 Å². The Morgan fingerprint density at radius 1 is 1.54 bits per heavy atom. The zero-order valence-electron chi connectivity index (χ0n) is 22.4. The number of hydrogen-bond donors (Lipinski definition) is 3. The average molecular weight is 438 g/mol. The molecule has 0 radical (unpaired) electrons. The van der Waals surface area contributed by atoms with Crippen molar-refractivity contribution in [1.82, 2.24) is 9.97 Å². The summed E-state index contributed by atoms with van der Waals surface area (Å²) in [4.78, 5) is 8.14. The molecule has 1 saturated heterocycles. The number of halogens is 1. The Bertz CT molecular complexity index is 1020. The first-order chi connectivity index (χ1) is 15.9. The quantitative estimate of drug-likeness (QED) is 0.320. The number of aliphatic hydroxyl groups excluding tert-OH is 1. The Morgan fingerprint density at radius 2 is 2.36 bits per heavy atom. The maximum absolute atomic E-state index is 9.24. The first kappa shape index (κ1) is 13.5. The van der Waals surface area contributed by atoms with Gasteiger partial charge in [-0.05, 0) is 20.2 Å². The smallest absolute Gasteiger partial charge is 0.191 e. The van der Waals surface area contributed by atoms with Crippen LogP contribution in [0.4, 0.5) is 11.5 Å². The Balaban J connectivity index is 1.61. The van der Waals surface area contributed by atoms with Gasteiger partial charge in [0.05, 0.1) is 19.3 Å². The lowest BCUT2D eigenvalue weighted by molar-refractivity contribution is -0.199. The van der Waals surface area contributed by atoms with Crippen molar-refractivity contribution in [1.29, 1.82) is 0 Å². The maximum Gasteiger partial charge on any atom is 0.191 e. The molecule has 28 heavy (non-hydrogen) atoms. The summed E-state index contributed by atoms with van der Waals surface area (Å²) in [5.74, 6) is -0.809. The van der Waals surface area contributed by atoms with Crippen LogP contribution in [0.1, 0.15) is 49.5 Å². The number of aliphatic hydroxyl groups is 1. The van der Waals surface area contributed by atoms with E-state index in [1.807, 2.05) is 0 Å². The summed E-state index contributed by atoms with van der Waals surface area (Å²) >= 11 is 6.37. The number of nitrogens with zero attached hydrogens (tertiary/aromatic N) is 2. The molecule has 156 valence electrons. The van der Waals surface area contributed by atoms with E-state index >= 15 is 0 Å². The van der Waals surface area contributed by atoms with Crippen molar-refractivity contribution in [2.45, 2.75) is 74.2 Å². The van der Waals surface area contributed by atoms with Gasteiger partial charge in [-0.25, -0.2) is 9.97 Å². The minimum Gasteiger partial charge on any atom is -0.394 e. The van der Waals surface area contributed by atoms with Gasteiger partial charge in [0.2, 0.25) is 0 Å². The topological polar surface area (TPSA) is 112 Å². The number of ether oxygens (including phenoxy) is 3. The Kier molecular flexibility index (Phi) is 3.43. The molecular weight excluding hydrogens is 404 g/mol. The highest BCUT2D eigenvalue weighted by molar-refractivity contribution is 7.99. The van der Waals surface area contributed by atoms with Gasteiger partial charge in [0.25, 0.3) is 0 Å². The van der Waals surface area contributed by atoms with E-state index < -0.39 is 48.1 Å². The van der Waals surface area contributed by atoms with Crippen LogP contribution in [0.5, 0.6) is 0 Å². The average Bonchev–Trinajstić information content (AvgIpc) is 3.22. The fourth-order valence-electron chi connectivity index (χ4n) is 4.53. The molecule has 1 aromatic heterocycles. The van der Waals surface area contributed by atoms with Gasteiger partial charge in [-0.15, -0.1) is 0 Å². The molecule has 2 heterocycles. The number of aromatic nitrogens is 2. The number of thioether (sulfide) groups is 1. The van der Waals surface area contributed by atoms with Crippen LogP contribution >= 0.6 is 23.4 Å². The van der Waals surface area contributed by atoms with E-state index in [1.165, 1.54) is 0 Å². The second kappa shape index (κ2) is 7.14. The molecule has 0 unspecified atom stereocenters. The molecule has 3 aliphatic carbocycles. The maximum atomic E-state index is 9.24. The SMILES string of the molecule is [2H]C([2H])([2H])C([2H])([2H])C([2H])([2H])Sc1nc(Cl)c(N)c(N[C@@H]2C[C@@]3(OCCO)C[C@]24OC(C)(C)O[C@H]34)n1. The molecule has 1 aromatic rings. The number of nitrogens with two attached hydrogens (primary N) is 1.